The van der Waals surface area contributed by atoms with E-state index in [1.54, 1.807) is 0 Å². The Morgan fingerprint density at radius 3 is 0.828 bits per heavy atom. The zero-order valence-electron chi connectivity index (χ0n) is 64.3. The number of rotatable bonds is 77. The number of hydrogen-bond donors (Lipinski definition) is 3. The SMILES string of the molecule is CCCCCC/C=C\C=C/CCCCCCCC(=O)O[C@H](COC(=O)CCCCCCCCC)COP(=O)(O)OC[C@H](O)COP(=O)(O)OC[C@@H](COC(=O)CCCCCCCCCCCCCCCCCC(C)C)OC(=O)CCCCCCCCCCCCCCCCCCC(C)C. The summed E-state index contributed by atoms with van der Waals surface area (Å²) in [5.41, 5.74) is 0. The predicted octanol–water partition coefficient (Wildman–Crippen LogP) is 23.4. The van der Waals surface area contributed by atoms with E-state index in [1.165, 1.54) is 186 Å². The van der Waals surface area contributed by atoms with Gasteiger partial charge >= 0.3 is 39.5 Å². The fourth-order valence-electron chi connectivity index (χ4n) is 11.8. The van der Waals surface area contributed by atoms with Crippen molar-refractivity contribution in [2.24, 2.45) is 11.8 Å². The second-order valence-electron chi connectivity index (χ2n) is 29.1. The van der Waals surface area contributed by atoms with E-state index in [2.05, 4.69) is 65.8 Å². The van der Waals surface area contributed by atoms with Crippen molar-refractivity contribution in [2.45, 2.75) is 413 Å². The first kappa shape index (κ1) is 96.5. The van der Waals surface area contributed by atoms with Crippen LogP contribution in [0.1, 0.15) is 395 Å². The Morgan fingerprint density at radius 2 is 0.545 bits per heavy atom. The van der Waals surface area contributed by atoms with Crippen LogP contribution in [-0.4, -0.2) is 96.7 Å². The lowest BCUT2D eigenvalue weighted by Crippen LogP contribution is -2.30. The molecule has 3 N–H and O–H groups in total. The van der Waals surface area contributed by atoms with Crippen molar-refractivity contribution < 1.29 is 80.2 Å². The van der Waals surface area contributed by atoms with E-state index in [-0.39, 0.29) is 25.7 Å². The molecule has 0 bridgehead atoms. The fraction of sp³-hybridized carbons (Fsp3) is 0.900. The van der Waals surface area contributed by atoms with Crippen LogP contribution in [0.3, 0.4) is 0 Å². The number of phosphoric ester groups is 2. The topological polar surface area (TPSA) is 237 Å². The minimum absolute atomic E-state index is 0.0848. The number of carbonyl (C=O) groups excluding carboxylic acids is 4. The van der Waals surface area contributed by atoms with Gasteiger partial charge in [0.25, 0.3) is 0 Å². The number of aliphatic hydroxyl groups is 1. The lowest BCUT2D eigenvalue weighted by Gasteiger charge is -2.21. The summed E-state index contributed by atoms with van der Waals surface area (Å²) in [6.45, 7) is 9.57. The summed E-state index contributed by atoms with van der Waals surface area (Å²) in [6.07, 6.45) is 63.4. The van der Waals surface area contributed by atoms with Gasteiger partial charge in [-0.15, -0.1) is 0 Å². The van der Waals surface area contributed by atoms with Crippen molar-refractivity contribution >= 4 is 39.5 Å². The third kappa shape index (κ3) is 73.6. The highest BCUT2D eigenvalue weighted by Crippen LogP contribution is 2.45. The maximum Gasteiger partial charge on any atom is 0.472 e. The standard InChI is InChI=1S/C80H152O17P2/c1-7-9-11-13-15-16-17-18-22-30-35-40-46-52-58-64-79(84)96-75(68-90-77(82)62-56-50-42-14-12-10-8-2)70-94-98(86,87)92-66-74(81)67-93-99(88,89)95-71-76(69-91-78(83)63-57-51-45-39-34-29-26-21-24-28-33-38-44-49-55-61-73(5)6)97-80(85)65-59-53-47-41-36-31-25-20-19-23-27-32-37-43-48-54-60-72(3)4/h16-18,22,72-76,81H,7-15,19-21,23-71H2,1-6H3,(H,86,87)(H,88,89)/b17-16-,22-18-/t74-,75+,76+/m0/s1. The number of phosphoric acid groups is 2. The molecule has 0 saturated carbocycles. The molecule has 17 nitrogen and oxygen atoms in total. The largest absolute Gasteiger partial charge is 0.472 e. The number of hydrogen-bond acceptors (Lipinski definition) is 15. The summed E-state index contributed by atoms with van der Waals surface area (Å²) in [5, 5.41) is 10.6. The van der Waals surface area contributed by atoms with Crippen molar-refractivity contribution in [3.05, 3.63) is 24.3 Å². The molecule has 0 aromatic heterocycles. The second-order valence-corrected chi connectivity index (χ2v) is 32.0. The molecule has 0 rings (SSSR count). The highest BCUT2D eigenvalue weighted by molar-refractivity contribution is 7.47. The average molecular weight is 1450 g/mol. The maximum atomic E-state index is 13.1. The number of unbranched alkanes of at least 4 members (excludes halogenated alkanes) is 44. The molecule has 0 amide bonds. The van der Waals surface area contributed by atoms with Crippen molar-refractivity contribution in [1.29, 1.82) is 0 Å². The maximum absolute atomic E-state index is 13.1. The smallest absolute Gasteiger partial charge is 0.462 e. The predicted molar refractivity (Wildman–Crippen MR) is 404 cm³/mol. The first-order valence-corrected chi connectivity index (χ1v) is 43.8. The molecule has 99 heavy (non-hydrogen) atoms. The van der Waals surface area contributed by atoms with Crippen LogP contribution in [0.25, 0.3) is 0 Å². The van der Waals surface area contributed by atoms with Crippen LogP contribution in [0.5, 0.6) is 0 Å². The molecule has 2 unspecified atom stereocenters. The molecular formula is C80H152O17P2. The van der Waals surface area contributed by atoms with Gasteiger partial charge in [-0.05, 0) is 63.2 Å². The van der Waals surface area contributed by atoms with Gasteiger partial charge in [0.1, 0.15) is 19.3 Å². The minimum Gasteiger partial charge on any atom is -0.462 e. The Kier molecular flexibility index (Phi) is 69.4. The Morgan fingerprint density at radius 1 is 0.313 bits per heavy atom. The van der Waals surface area contributed by atoms with Gasteiger partial charge in [-0.1, -0.05) is 342 Å². The third-order valence-corrected chi connectivity index (χ3v) is 20.0. The zero-order valence-corrected chi connectivity index (χ0v) is 66.1. The monoisotopic (exact) mass is 1450 g/mol. The highest BCUT2D eigenvalue weighted by atomic mass is 31.2. The molecule has 0 aliphatic carbocycles. The molecule has 584 valence electrons. The van der Waals surface area contributed by atoms with Gasteiger partial charge in [-0.25, -0.2) is 9.13 Å². The van der Waals surface area contributed by atoms with Crippen LogP contribution in [0, 0.1) is 11.8 Å². The molecule has 0 spiro atoms. The van der Waals surface area contributed by atoms with Crippen molar-refractivity contribution in [3.63, 3.8) is 0 Å². The quantitative estimate of drug-likeness (QED) is 0.0169. The molecule has 5 atom stereocenters. The van der Waals surface area contributed by atoms with E-state index < -0.39 is 97.5 Å². The first-order chi connectivity index (χ1) is 47.9. The number of esters is 4. The van der Waals surface area contributed by atoms with Crippen LogP contribution in [0.4, 0.5) is 0 Å². The molecule has 0 aromatic rings. The minimum atomic E-state index is -4.96. The van der Waals surface area contributed by atoms with Gasteiger partial charge < -0.3 is 33.8 Å². The van der Waals surface area contributed by atoms with E-state index in [0.29, 0.717) is 25.7 Å². The second kappa shape index (κ2) is 71.2. The molecular weight excluding hydrogens is 1290 g/mol. The van der Waals surface area contributed by atoms with Crippen LogP contribution < -0.4 is 0 Å². The number of allylic oxidation sites excluding steroid dienone is 4. The van der Waals surface area contributed by atoms with Crippen LogP contribution in [0.15, 0.2) is 24.3 Å². The van der Waals surface area contributed by atoms with E-state index in [4.69, 9.17) is 37.0 Å². The molecule has 0 saturated heterocycles. The Hall–Kier alpha value is -2.46. The molecule has 0 fully saturated rings. The normalized spacial score (nSPS) is 14.1. The fourth-order valence-corrected chi connectivity index (χ4v) is 13.4. The number of ether oxygens (including phenoxy) is 4. The van der Waals surface area contributed by atoms with Gasteiger partial charge in [0.15, 0.2) is 12.2 Å². The number of carbonyl (C=O) groups is 4. The summed E-state index contributed by atoms with van der Waals surface area (Å²) in [7, 11) is -9.92. The summed E-state index contributed by atoms with van der Waals surface area (Å²) >= 11 is 0. The molecule has 19 heteroatoms. The van der Waals surface area contributed by atoms with Gasteiger partial charge in [0.05, 0.1) is 26.4 Å². The Labute approximate surface area is 605 Å². The van der Waals surface area contributed by atoms with Crippen LogP contribution >= 0.6 is 15.6 Å². The molecule has 0 heterocycles. The summed E-state index contributed by atoms with van der Waals surface area (Å²) in [5.74, 6) is -0.532. The Balaban J connectivity index is 5.21. The first-order valence-electron chi connectivity index (χ1n) is 40.8. The van der Waals surface area contributed by atoms with Crippen molar-refractivity contribution in [1.82, 2.24) is 0 Å². The van der Waals surface area contributed by atoms with Crippen LogP contribution in [0.2, 0.25) is 0 Å². The highest BCUT2D eigenvalue weighted by Gasteiger charge is 2.30. The van der Waals surface area contributed by atoms with Gasteiger partial charge in [0.2, 0.25) is 0 Å². The van der Waals surface area contributed by atoms with Gasteiger partial charge in [-0.2, -0.15) is 0 Å². The van der Waals surface area contributed by atoms with Crippen molar-refractivity contribution in [2.75, 3.05) is 39.6 Å². The summed E-state index contributed by atoms with van der Waals surface area (Å²) in [6, 6.07) is 0. The molecule has 0 radical (unpaired) electrons. The van der Waals surface area contributed by atoms with E-state index in [9.17, 15) is 43.2 Å². The molecule has 0 aliphatic heterocycles. The van der Waals surface area contributed by atoms with Gasteiger partial charge in [0, 0.05) is 25.7 Å². The lowest BCUT2D eigenvalue weighted by atomic mass is 10.0. The van der Waals surface area contributed by atoms with E-state index in [0.717, 1.165) is 127 Å². The van der Waals surface area contributed by atoms with E-state index >= 15 is 0 Å². The lowest BCUT2D eigenvalue weighted by molar-refractivity contribution is -0.161. The molecule has 0 aromatic carbocycles. The van der Waals surface area contributed by atoms with Crippen LogP contribution in [-0.2, 0) is 65.4 Å². The van der Waals surface area contributed by atoms with E-state index in [1.807, 2.05) is 0 Å². The summed E-state index contributed by atoms with van der Waals surface area (Å²) in [4.78, 5) is 72.8. The number of aliphatic hydroxyl groups excluding tert-OH is 1. The zero-order chi connectivity index (χ0) is 72.8. The van der Waals surface area contributed by atoms with Gasteiger partial charge in [-0.3, -0.25) is 37.3 Å². The van der Waals surface area contributed by atoms with Crippen molar-refractivity contribution in [3.8, 4) is 0 Å². The average Bonchev–Trinajstić information content (AvgIpc) is 1.04. The summed E-state index contributed by atoms with van der Waals surface area (Å²) < 4.78 is 68.5. The Bertz CT molecular complexity index is 2000. The third-order valence-electron chi connectivity index (χ3n) is 18.1. The molecule has 0 aliphatic rings.